The summed E-state index contributed by atoms with van der Waals surface area (Å²) in [5.41, 5.74) is 0.554. The number of hydrogen-bond donors (Lipinski definition) is 2. The first-order valence-electron chi connectivity index (χ1n) is 8.16. The van der Waals surface area contributed by atoms with Gasteiger partial charge in [-0.1, -0.05) is 18.2 Å². The van der Waals surface area contributed by atoms with Gasteiger partial charge in [0.15, 0.2) is 0 Å². The zero-order chi connectivity index (χ0) is 19.4. The number of rotatable bonds is 4. The fraction of sp³-hybridized carbons (Fsp3) is 0.211. The van der Waals surface area contributed by atoms with Crippen molar-refractivity contribution < 1.29 is 23.5 Å². The molecule has 8 heteroatoms. The summed E-state index contributed by atoms with van der Waals surface area (Å²) >= 11 is 0. The van der Waals surface area contributed by atoms with Gasteiger partial charge in [0.25, 0.3) is 5.91 Å². The van der Waals surface area contributed by atoms with Crippen LogP contribution in [0, 0.1) is 5.82 Å². The third-order valence-electron chi connectivity index (χ3n) is 4.03. The van der Waals surface area contributed by atoms with Gasteiger partial charge in [-0.25, -0.2) is 9.38 Å². The topological polar surface area (TPSA) is 89.0 Å². The molecule has 1 atom stereocenters. The molecule has 27 heavy (non-hydrogen) atoms. The highest BCUT2D eigenvalue weighted by atomic mass is 19.1. The molecule has 1 heterocycles. The Hall–Kier alpha value is -3.42. The minimum atomic E-state index is -0.713. The van der Waals surface area contributed by atoms with Crippen molar-refractivity contribution in [3.8, 4) is 11.5 Å². The highest BCUT2D eigenvalue weighted by Crippen LogP contribution is 2.26. The van der Waals surface area contributed by atoms with Gasteiger partial charge in [0.05, 0.1) is 26.7 Å². The molecule has 1 aliphatic rings. The maximum atomic E-state index is 14.0. The second kappa shape index (κ2) is 7.86. The molecule has 140 valence electrons. The fourth-order valence-corrected chi connectivity index (χ4v) is 2.70. The van der Waals surface area contributed by atoms with Crippen LogP contribution in [0.4, 0.5) is 4.39 Å². The lowest BCUT2D eigenvalue weighted by Crippen LogP contribution is -2.47. The molecule has 2 aromatic rings. The van der Waals surface area contributed by atoms with Crippen LogP contribution in [0.15, 0.2) is 47.5 Å². The molecule has 2 N–H and O–H groups in total. The summed E-state index contributed by atoms with van der Waals surface area (Å²) in [7, 11) is 2.95. The van der Waals surface area contributed by atoms with E-state index in [1.165, 1.54) is 32.4 Å². The van der Waals surface area contributed by atoms with Crippen LogP contribution < -0.4 is 20.1 Å². The minimum absolute atomic E-state index is 0.00666. The van der Waals surface area contributed by atoms with Crippen LogP contribution >= 0.6 is 0 Å². The Morgan fingerprint density at radius 1 is 1.19 bits per heavy atom. The van der Waals surface area contributed by atoms with Crippen LogP contribution in [0.25, 0.3) is 0 Å². The number of methoxy groups -OCH3 is 2. The number of carbonyl (C=O) groups is 2. The molecule has 0 saturated carbocycles. The maximum absolute atomic E-state index is 14.0. The third kappa shape index (κ3) is 4.22. The maximum Gasteiger partial charge on any atom is 0.258 e. The first kappa shape index (κ1) is 18.4. The van der Waals surface area contributed by atoms with Crippen molar-refractivity contribution in [3.05, 3.63) is 59.4 Å². The van der Waals surface area contributed by atoms with Gasteiger partial charge in [0.1, 0.15) is 17.3 Å². The molecule has 1 aliphatic heterocycles. The van der Waals surface area contributed by atoms with E-state index in [0.717, 1.165) is 0 Å². The van der Waals surface area contributed by atoms with E-state index in [1.807, 2.05) is 0 Å². The van der Waals surface area contributed by atoms with E-state index < -0.39 is 17.8 Å². The van der Waals surface area contributed by atoms with Gasteiger partial charge >= 0.3 is 0 Å². The monoisotopic (exact) mass is 371 g/mol. The van der Waals surface area contributed by atoms with E-state index in [9.17, 15) is 14.0 Å². The van der Waals surface area contributed by atoms with E-state index >= 15 is 0 Å². The van der Waals surface area contributed by atoms with E-state index in [4.69, 9.17) is 9.47 Å². The Morgan fingerprint density at radius 2 is 1.85 bits per heavy atom. The summed E-state index contributed by atoms with van der Waals surface area (Å²) in [4.78, 5) is 28.8. The van der Waals surface area contributed by atoms with Crippen LogP contribution in [0.2, 0.25) is 0 Å². The largest absolute Gasteiger partial charge is 0.497 e. The van der Waals surface area contributed by atoms with Crippen molar-refractivity contribution in [1.82, 2.24) is 10.6 Å². The second-order valence-electron chi connectivity index (χ2n) is 5.82. The average Bonchev–Trinajstić information content (AvgIpc) is 2.67. The Morgan fingerprint density at radius 3 is 2.48 bits per heavy atom. The van der Waals surface area contributed by atoms with Crippen molar-refractivity contribution in [2.24, 2.45) is 4.99 Å². The van der Waals surface area contributed by atoms with Crippen molar-refractivity contribution in [3.63, 3.8) is 0 Å². The molecule has 0 aliphatic carbocycles. The number of nitrogens with zero attached hydrogens (tertiary/aromatic N) is 1. The minimum Gasteiger partial charge on any atom is -0.497 e. The summed E-state index contributed by atoms with van der Waals surface area (Å²) in [6, 6.07) is 10.1. The summed E-state index contributed by atoms with van der Waals surface area (Å²) in [5, 5.41) is 5.02. The lowest BCUT2D eigenvalue weighted by atomic mass is 10.0. The Kier molecular flexibility index (Phi) is 5.35. The number of guanidine groups is 1. The molecule has 0 radical (unpaired) electrons. The number of hydrogen-bond acceptors (Lipinski definition) is 5. The van der Waals surface area contributed by atoms with Gasteiger partial charge in [0.2, 0.25) is 11.9 Å². The van der Waals surface area contributed by atoms with Crippen LogP contribution in [-0.4, -0.2) is 32.0 Å². The van der Waals surface area contributed by atoms with Gasteiger partial charge in [0, 0.05) is 17.2 Å². The van der Waals surface area contributed by atoms with Crippen molar-refractivity contribution in [1.29, 1.82) is 0 Å². The molecule has 0 aromatic heterocycles. The first-order valence-corrected chi connectivity index (χ1v) is 8.16. The van der Waals surface area contributed by atoms with Gasteiger partial charge in [-0.3, -0.25) is 20.2 Å². The quantitative estimate of drug-likeness (QED) is 0.862. The summed E-state index contributed by atoms with van der Waals surface area (Å²) in [6.45, 7) is 0. The molecule has 3 rings (SSSR count). The van der Waals surface area contributed by atoms with Crippen LogP contribution in [-0.2, 0) is 4.79 Å². The molecule has 0 saturated heterocycles. The van der Waals surface area contributed by atoms with Crippen molar-refractivity contribution >= 4 is 17.8 Å². The third-order valence-corrected chi connectivity index (χ3v) is 4.03. The average molecular weight is 371 g/mol. The van der Waals surface area contributed by atoms with Crippen LogP contribution in [0.1, 0.15) is 28.4 Å². The highest BCUT2D eigenvalue weighted by Gasteiger charge is 2.25. The molecular formula is C19H18FN3O4. The zero-order valence-corrected chi connectivity index (χ0v) is 14.8. The summed E-state index contributed by atoms with van der Waals surface area (Å²) in [5.74, 6) is -0.482. The van der Waals surface area contributed by atoms with Gasteiger partial charge in [-0.2, -0.15) is 0 Å². The number of ether oxygens (including phenoxy) is 2. The molecule has 0 bridgehead atoms. The van der Waals surface area contributed by atoms with Gasteiger partial charge < -0.3 is 9.47 Å². The van der Waals surface area contributed by atoms with E-state index in [0.29, 0.717) is 17.1 Å². The van der Waals surface area contributed by atoms with E-state index in [2.05, 4.69) is 15.6 Å². The lowest BCUT2D eigenvalue weighted by molar-refractivity contribution is -0.120. The number of amides is 2. The van der Waals surface area contributed by atoms with E-state index in [-0.39, 0.29) is 23.9 Å². The standard InChI is InChI=1S/C19H18FN3O4/c1-26-12-7-11(8-13(9-12)27-2)18(25)23-19-21-16(10-17(24)22-19)14-5-3-4-6-15(14)20/h3-9,16H,10H2,1-2H3,(H2,21,22,23,24,25)/t16-/m1/s1. The molecule has 2 aromatic carbocycles. The number of halogens is 1. The molecular weight excluding hydrogens is 353 g/mol. The predicted octanol–water partition coefficient (Wildman–Crippen LogP) is 2.19. The Labute approximate surface area is 155 Å². The van der Waals surface area contributed by atoms with Crippen molar-refractivity contribution in [2.75, 3.05) is 14.2 Å². The predicted molar refractivity (Wildman–Crippen MR) is 96.3 cm³/mol. The molecule has 2 amide bonds. The SMILES string of the molecule is COc1cc(OC)cc(C(=O)NC2=N[C@@H](c3ccccc3F)CC(=O)N2)c1. The highest BCUT2D eigenvalue weighted by molar-refractivity contribution is 6.10. The summed E-state index contributed by atoms with van der Waals surface area (Å²) < 4.78 is 24.3. The lowest BCUT2D eigenvalue weighted by Gasteiger charge is -2.21. The molecule has 0 unspecified atom stereocenters. The first-order chi connectivity index (χ1) is 13.0. The van der Waals surface area contributed by atoms with Crippen LogP contribution in [0.5, 0.6) is 11.5 Å². The number of carbonyl (C=O) groups excluding carboxylic acids is 2. The van der Waals surface area contributed by atoms with Crippen molar-refractivity contribution in [2.45, 2.75) is 12.5 Å². The normalized spacial score (nSPS) is 16.2. The van der Waals surface area contributed by atoms with E-state index in [1.54, 1.807) is 24.3 Å². The second-order valence-corrected chi connectivity index (χ2v) is 5.82. The van der Waals surface area contributed by atoms with Gasteiger partial charge in [-0.15, -0.1) is 0 Å². The Balaban J connectivity index is 1.84. The fourth-order valence-electron chi connectivity index (χ4n) is 2.70. The zero-order valence-electron chi connectivity index (χ0n) is 14.8. The van der Waals surface area contributed by atoms with Gasteiger partial charge in [-0.05, 0) is 18.2 Å². The number of aliphatic imine (C=N–C) groups is 1. The number of benzene rings is 2. The number of nitrogens with one attached hydrogen (secondary N) is 2. The summed E-state index contributed by atoms with van der Waals surface area (Å²) in [6.07, 6.45) is -0.00666. The smallest absolute Gasteiger partial charge is 0.258 e. The molecule has 0 spiro atoms. The molecule has 0 fully saturated rings. The molecule has 7 nitrogen and oxygen atoms in total. The van der Waals surface area contributed by atoms with Crippen LogP contribution in [0.3, 0.4) is 0 Å². The Bertz CT molecular complexity index is 891.